The summed E-state index contributed by atoms with van der Waals surface area (Å²) in [4.78, 5) is 0. The lowest BCUT2D eigenvalue weighted by molar-refractivity contribution is 0.595. The van der Waals surface area contributed by atoms with E-state index in [0.717, 1.165) is 19.9 Å². The van der Waals surface area contributed by atoms with E-state index in [9.17, 15) is 0 Å². The van der Waals surface area contributed by atoms with E-state index >= 15 is 0 Å². The van der Waals surface area contributed by atoms with Gasteiger partial charge in [-0.05, 0) is 50.1 Å². The van der Waals surface area contributed by atoms with E-state index in [0.29, 0.717) is 5.76 Å². The van der Waals surface area contributed by atoms with E-state index in [1.165, 1.54) is 0 Å². The molecule has 61 valence electrons. The van der Waals surface area contributed by atoms with Gasteiger partial charge < -0.3 is 4.42 Å². The maximum Gasteiger partial charge on any atom is 0.135 e. The van der Waals surface area contributed by atoms with E-state index < -0.39 is 0 Å². The number of rotatable bonds is 0. The molecule has 0 spiro atoms. The van der Waals surface area contributed by atoms with Crippen LogP contribution < -0.4 is 0 Å². The zero-order valence-corrected chi connectivity index (χ0v) is 9.28. The van der Waals surface area contributed by atoms with Crippen LogP contribution in [-0.2, 0) is 0 Å². The van der Waals surface area contributed by atoms with Crippen LogP contribution in [0.2, 0.25) is 0 Å². The number of hydrogen-bond donors (Lipinski definition) is 0. The third-order valence-electron chi connectivity index (χ3n) is 1.61. The second-order valence-corrected chi connectivity index (χ2v) is 4.23. The normalized spacial score (nSPS) is 10.9. The van der Waals surface area contributed by atoms with Crippen molar-refractivity contribution in [3.8, 4) is 0 Å². The summed E-state index contributed by atoms with van der Waals surface area (Å²) in [5.74, 6) is 0.690. The van der Waals surface area contributed by atoms with Gasteiger partial charge >= 0.3 is 0 Å². The van der Waals surface area contributed by atoms with Gasteiger partial charge in [-0.2, -0.15) is 0 Å². The molecule has 1 nitrogen and oxygen atoms in total. The largest absolute Gasteiger partial charge is 0.461 e. The highest BCUT2D eigenvalue weighted by molar-refractivity contribution is 9.13. The molecule has 0 atom stereocenters. The average molecular weight is 289 g/mol. The van der Waals surface area contributed by atoms with Crippen molar-refractivity contribution in [3.63, 3.8) is 0 Å². The molecule has 0 saturated carbocycles. The predicted molar refractivity (Wildman–Crippen MR) is 56.1 cm³/mol. The van der Waals surface area contributed by atoms with Crippen molar-refractivity contribution in [1.29, 1.82) is 0 Å². The summed E-state index contributed by atoms with van der Waals surface area (Å²) in [6.45, 7) is 3.72. The summed E-state index contributed by atoms with van der Waals surface area (Å²) in [5.41, 5.74) is 0.857. The highest BCUT2D eigenvalue weighted by Gasteiger charge is 2.03. The summed E-state index contributed by atoms with van der Waals surface area (Å²) in [6.07, 6.45) is 0. The molecule has 0 bridgehead atoms. The summed E-state index contributed by atoms with van der Waals surface area (Å²) < 4.78 is 7.36. The van der Waals surface area contributed by atoms with Gasteiger partial charge in [0.15, 0.2) is 0 Å². The molecule has 1 radical (unpaired) electrons. The minimum absolute atomic E-state index is 0.690. The summed E-state index contributed by atoms with van der Waals surface area (Å²) >= 11 is 6.81. The van der Waals surface area contributed by atoms with Crippen molar-refractivity contribution in [2.24, 2.45) is 0 Å². The third-order valence-corrected chi connectivity index (χ3v) is 3.45. The standard InChI is InChI=1S/C9H5Br2O/c1-5-2-6-3-7(10)8(11)4-9(6)12-5/h2-4H,1H2. The van der Waals surface area contributed by atoms with Crippen LogP contribution in [0.3, 0.4) is 0 Å². The Bertz CT molecular complexity index is 392. The van der Waals surface area contributed by atoms with Crippen molar-refractivity contribution in [2.75, 3.05) is 0 Å². The van der Waals surface area contributed by atoms with Crippen molar-refractivity contribution in [2.45, 2.75) is 0 Å². The molecular weight excluding hydrogens is 284 g/mol. The van der Waals surface area contributed by atoms with Crippen LogP contribution >= 0.6 is 31.9 Å². The smallest absolute Gasteiger partial charge is 0.135 e. The van der Waals surface area contributed by atoms with Crippen molar-refractivity contribution in [1.82, 2.24) is 0 Å². The van der Waals surface area contributed by atoms with Crippen LogP contribution in [0.4, 0.5) is 0 Å². The van der Waals surface area contributed by atoms with Gasteiger partial charge in [0.1, 0.15) is 11.3 Å². The number of halogens is 2. The van der Waals surface area contributed by atoms with Crippen LogP contribution in [0.15, 0.2) is 31.6 Å². The number of hydrogen-bond acceptors (Lipinski definition) is 1. The second-order valence-electron chi connectivity index (χ2n) is 2.52. The van der Waals surface area contributed by atoms with E-state index in [2.05, 4.69) is 38.8 Å². The maximum absolute atomic E-state index is 5.34. The first kappa shape index (κ1) is 8.32. The molecule has 1 heterocycles. The first-order valence-electron chi connectivity index (χ1n) is 3.37. The fraction of sp³-hybridized carbons (Fsp3) is 0. The Morgan fingerprint density at radius 1 is 1.08 bits per heavy atom. The van der Waals surface area contributed by atoms with Crippen LogP contribution in [0.1, 0.15) is 5.76 Å². The van der Waals surface area contributed by atoms with Crippen molar-refractivity contribution >= 4 is 42.8 Å². The number of benzene rings is 1. The van der Waals surface area contributed by atoms with Crippen molar-refractivity contribution < 1.29 is 4.42 Å². The second kappa shape index (κ2) is 2.89. The fourth-order valence-electron chi connectivity index (χ4n) is 1.09. The van der Waals surface area contributed by atoms with Gasteiger partial charge in [0.25, 0.3) is 0 Å². The number of furan rings is 1. The fourth-order valence-corrected chi connectivity index (χ4v) is 1.77. The molecule has 0 N–H and O–H groups in total. The lowest BCUT2D eigenvalue weighted by Crippen LogP contribution is -1.68. The maximum atomic E-state index is 5.34. The van der Waals surface area contributed by atoms with Crippen molar-refractivity contribution in [3.05, 3.63) is 39.8 Å². The quantitative estimate of drug-likeness (QED) is 0.710. The van der Waals surface area contributed by atoms with Crippen LogP contribution in [0.25, 0.3) is 11.0 Å². The highest BCUT2D eigenvalue weighted by atomic mass is 79.9. The van der Waals surface area contributed by atoms with Crippen LogP contribution in [-0.4, -0.2) is 0 Å². The Morgan fingerprint density at radius 2 is 1.75 bits per heavy atom. The van der Waals surface area contributed by atoms with Gasteiger partial charge in [-0.3, -0.25) is 0 Å². The lowest BCUT2D eigenvalue weighted by atomic mass is 10.2. The molecule has 0 aliphatic rings. The molecule has 0 amide bonds. The molecule has 2 rings (SSSR count). The Kier molecular flexibility index (Phi) is 2.00. The molecule has 0 aliphatic carbocycles. The Balaban J connectivity index is 2.83. The third kappa shape index (κ3) is 1.31. The first-order chi connectivity index (χ1) is 5.66. The molecule has 0 aliphatic heterocycles. The predicted octanol–water partition coefficient (Wildman–Crippen LogP) is 4.14. The zero-order chi connectivity index (χ0) is 8.72. The molecule has 0 unspecified atom stereocenters. The van der Waals surface area contributed by atoms with E-state index in [1.54, 1.807) is 0 Å². The summed E-state index contributed by atoms with van der Waals surface area (Å²) in [7, 11) is 0. The molecule has 1 aromatic heterocycles. The van der Waals surface area contributed by atoms with Gasteiger partial charge in [0.2, 0.25) is 0 Å². The number of fused-ring (bicyclic) bond motifs is 1. The van der Waals surface area contributed by atoms with Gasteiger partial charge in [-0.25, -0.2) is 0 Å². The Labute approximate surface area is 87.0 Å². The molecule has 1 aromatic carbocycles. The van der Waals surface area contributed by atoms with Gasteiger partial charge in [-0.15, -0.1) is 0 Å². The highest BCUT2D eigenvalue weighted by Crippen LogP contribution is 2.30. The van der Waals surface area contributed by atoms with E-state index in [4.69, 9.17) is 4.42 Å². The molecule has 2 aromatic rings. The molecule has 3 heteroatoms. The first-order valence-corrected chi connectivity index (χ1v) is 4.96. The zero-order valence-electron chi connectivity index (χ0n) is 6.10. The van der Waals surface area contributed by atoms with Crippen LogP contribution in [0.5, 0.6) is 0 Å². The minimum Gasteiger partial charge on any atom is -0.461 e. The van der Waals surface area contributed by atoms with Gasteiger partial charge in [-0.1, -0.05) is 0 Å². The monoisotopic (exact) mass is 287 g/mol. The Hall–Kier alpha value is -0.280. The minimum atomic E-state index is 0.690. The SMILES string of the molecule is [CH2]c1cc2cc(Br)c(Br)cc2o1. The van der Waals surface area contributed by atoms with Gasteiger partial charge in [0.05, 0.1) is 0 Å². The summed E-state index contributed by atoms with van der Waals surface area (Å²) in [6, 6.07) is 5.83. The molecule has 0 fully saturated rings. The summed E-state index contributed by atoms with van der Waals surface area (Å²) in [5, 5.41) is 1.06. The Morgan fingerprint density at radius 3 is 2.50 bits per heavy atom. The van der Waals surface area contributed by atoms with Crippen LogP contribution in [0, 0.1) is 6.92 Å². The van der Waals surface area contributed by atoms with E-state index in [1.807, 2.05) is 18.2 Å². The molecular formula is C9H5Br2O. The topological polar surface area (TPSA) is 13.1 Å². The molecule has 12 heavy (non-hydrogen) atoms. The van der Waals surface area contributed by atoms with Gasteiger partial charge in [0, 0.05) is 21.3 Å². The lowest BCUT2D eigenvalue weighted by Gasteiger charge is -1.93. The molecule has 0 saturated heterocycles. The average Bonchev–Trinajstić information content (AvgIpc) is 2.30. The van der Waals surface area contributed by atoms with E-state index in [-0.39, 0.29) is 0 Å².